The second-order valence-corrected chi connectivity index (χ2v) is 4.11. The highest BCUT2D eigenvalue weighted by molar-refractivity contribution is 5.93. The summed E-state index contributed by atoms with van der Waals surface area (Å²) in [6.45, 7) is 2.03. The van der Waals surface area contributed by atoms with Gasteiger partial charge in [-0.2, -0.15) is 0 Å². The van der Waals surface area contributed by atoms with E-state index >= 15 is 0 Å². The van der Waals surface area contributed by atoms with Crippen molar-refractivity contribution in [1.82, 2.24) is 19.4 Å². The van der Waals surface area contributed by atoms with E-state index in [1.165, 1.54) is 0 Å². The van der Waals surface area contributed by atoms with Crippen molar-refractivity contribution in [2.45, 2.75) is 13.1 Å². The number of nitrogens with one attached hydrogen (secondary N) is 1. The Hall–Kier alpha value is -2.24. The van der Waals surface area contributed by atoms with Gasteiger partial charge in [0.2, 0.25) is 0 Å². The van der Waals surface area contributed by atoms with E-state index in [0.717, 1.165) is 12.4 Å². The Labute approximate surface area is 98.1 Å². The van der Waals surface area contributed by atoms with Gasteiger partial charge in [-0.1, -0.05) is 0 Å². The maximum Gasteiger partial charge on any atom is 0.270 e. The fourth-order valence-corrected chi connectivity index (χ4v) is 2.05. The van der Waals surface area contributed by atoms with Crippen molar-refractivity contribution in [2.24, 2.45) is 0 Å². The van der Waals surface area contributed by atoms with Gasteiger partial charge in [-0.25, -0.2) is 4.98 Å². The van der Waals surface area contributed by atoms with Crippen LogP contribution in [0.2, 0.25) is 0 Å². The van der Waals surface area contributed by atoms with E-state index in [4.69, 9.17) is 5.73 Å². The zero-order valence-electron chi connectivity index (χ0n) is 9.26. The van der Waals surface area contributed by atoms with Crippen LogP contribution in [0.15, 0.2) is 24.7 Å². The molecule has 6 nitrogen and oxygen atoms in total. The number of rotatable bonds is 1. The van der Waals surface area contributed by atoms with E-state index in [9.17, 15) is 4.79 Å². The molecule has 0 radical (unpaired) electrons. The summed E-state index contributed by atoms with van der Waals surface area (Å²) in [6, 6.07) is 1.66. The van der Waals surface area contributed by atoms with Crippen molar-refractivity contribution >= 4 is 11.6 Å². The third-order valence-electron chi connectivity index (χ3n) is 2.97. The van der Waals surface area contributed by atoms with Crippen molar-refractivity contribution in [2.75, 3.05) is 12.3 Å². The molecule has 1 amide bonds. The molecule has 88 valence electrons. The second-order valence-electron chi connectivity index (χ2n) is 4.11. The van der Waals surface area contributed by atoms with Gasteiger partial charge in [0.1, 0.15) is 11.5 Å². The number of carbonyl (C=O) groups is 1. The molecule has 2 aromatic heterocycles. The predicted octanol–water partition coefficient (Wildman–Crippen LogP) is 0.449. The third-order valence-corrected chi connectivity index (χ3v) is 2.97. The number of nitrogen functional groups attached to an aromatic ring is 1. The van der Waals surface area contributed by atoms with Gasteiger partial charge in [-0.15, -0.1) is 0 Å². The van der Waals surface area contributed by atoms with Crippen LogP contribution in [-0.2, 0) is 13.1 Å². The highest BCUT2D eigenvalue weighted by atomic mass is 16.2. The highest BCUT2D eigenvalue weighted by Crippen LogP contribution is 2.14. The summed E-state index contributed by atoms with van der Waals surface area (Å²) >= 11 is 0. The van der Waals surface area contributed by atoms with Crippen molar-refractivity contribution in [3.05, 3.63) is 36.2 Å². The number of carbonyl (C=O) groups excluding carboxylic acids is 1. The lowest BCUT2D eigenvalue weighted by atomic mass is 10.3. The van der Waals surface area contributed by atoms with Crippen LogP contribution in [0, 0.1) is 0 Å². The predicted molar refractivity (Wildman–Crippen MR) is 62.2 cm³/mol. The summed E-state index contributed by atoms with van der Waals surface area (Å²) in [5.74, 6) is 0.889. The number of amides is 1. The second kappa shape index (κ2) is 3.65. The average molecular weight is 231 g/mol. The lowest BCUT2D eigenvalue weighted by Gasteiger charge is -2.27. The van der Waals surface area contributed by atoms with E-state index in [1.54, 1.807) is 23.4 Å². The van der Waals surface area contributed by atoms with Crippen LogP contribution < -0.4 is 5.73 Å². The Morgan fingerprint density at radius 2 is 2.35 bits per heavy atom. The molecule has 0 unspecified atom stereocenters. The molecule has 2 aromatic rings. The molecule has 0 spiro atoms. The van der Waals surface area contributed by atoms with Gasteiger partial charge in [0.25, 0.3) is 5.91 Å². The number of hydrogen-bond donors (Lipinski definition) is 2. The van der Waals surface area contributed by atoms with Gasteiger partial charge in [-0.3, -0.25) is 4.79 Å². The van der Waals surface area contributed by atoms with E-state index in [2.05, 4.69) is 14.5 Å². The molecular formula is C11H13N5O. The average Bonchev–Trinajstić information content (AvgIpc) is 2.95. The Balaban J connectivity index is 1.81. The fraction of sp³-hybridized carbons (Fsp3) is 0.273. The summed E-state index contributed by atoms with van der Waals surface area (Å²) in [4.78, 5) is 21.0. The van der Waals surface area contributed by atoms with E-state index in [-0.39, 0.29) is 5.91 Å². The summed E-state index contributed by atoms with van der Waals surface area (Å²) in [7, 11) is 0. The smallest absolute Gasteiger partial charge is 0.270 e. The summed E-state index contributed by atoms with van der Waals surface area (Å²) in [5, 5.41) is 0. The van der Waals surface area contributed by atoms with Gasteiger partial charge >= 0.3 is 0 Å². The SMILES string of the molecule is Nc1c[nH]c(C(=O)N2CCn3ccnc3C2)c1. The van der Waals surface area contributed by atoms with Crippen LogP contribution in [0.1, 0.15) is 16.3 Å². The number of imidazole rings is 1. The monoisotopic (exact) mass is 231 g/mol. The summed E-state index contributed by atoms with van der Waals surface area (Å²) < 4.78 is 2.06. The summed E-state index contributed by atoms with van der Waals surface area (Å²) in [5.41, 5.74) is 6.69. The van der Waals surface area contributed by atoms with Crippen molar-refractivity contribution in [3.8, 4) is 0 Å². The van der Waals surface area contributed by atoms with Gasteiger partial charge in [0, 0.05) is 37.4 Å². The minimum absolute atomic E-state index is 0.0315. The molecule has 1 aliphatic rings. The zero-order chi connectivity index (χ0) is 11.8. The Kier molecular flexibility index (Phi) is 2.14. The third kappa shape index (κ3) is 1.67. The first-order valence-electron chi connectivity index (χ1n) is 5.47. The minimum Gasteiger partial charge on any atom is -0.397 e. The van der Waals surface area contributed by atoms with Gasteiger partial charge in [0.15, 0.2) is 0 Å². The molecule has 0 atom stereocenters. The quantitative estimate of drug-likeness (QED) is 0.747. The van der Waals surface area contributed by atoms with Crippen LogP contribution in [-0.4, -0.2) is 31.9 Å². The highest BCUT2D eigenvalue weighted by Gasteiger charge is 2.22. The van der Waals surface area contributed by atoms with Gasteiger partial charge in [-0.05, 0) is 6.07 Å². The molecule has 0 fully saturated rings. The first-order chi connectivity index (χ1) is 8.24. The molecule has 3 rings (SSSR count). The molecule has 0 saturated heterocycles. The molecule has 17 heavy (non-hydrogen) atoms. The Morgan fingerprint density at radius 1 is 1.47 bits per heavy atom. The normalized spacial score (nSPS) is 14.7. The molecule has 0 aromatic carbocycles. The van der Waals surface area contributed by atoms with Gasteiger partial charge in [0.05, 0.1) is 6.54 Å². The molecule has 3 heterocycles. The van der Waals surface area contributed by atoms with E-state index in [1.807, 2.05) is 6.20 Å². The van der Waals surface area contributed by atoms with Crippen LogP contribution in [0.25, 0.3) is 0 Å². The standard InChI is InChI=1S/C11H13N5O/c12-8-5-9(14-6-8)11(17)16-4-3-15-2-1-13-10(15)7-16/h1-2,5-6,14H,3-4,7,12H2. The lowest BCUT2D eigenvalue weighted by Crippen LogP contribution is -2.38. The molecule has 0 aliphatic carbocycles. The van der Waals surface area contributed by atoms with Crippen LogP contribution in [0.4, 0.5) is 5.69 Å². The number of hydrogen-bond acceptors (Lipinski definition) is 3. The number of aromatic nitrogens is 3. The van der Waals surface area contributed by atoms with Crippen molar-refractivity contribution in [3.63, 3.8) is 0 Å². The topological polar surface area (TPSA) is 79.9 Å². The van der Waals surface area contributed by atoms with Crippen LogP contribution in [0.5, 0.6) is 0 Å². The first-order valence-corrected chi connectivity index (χ1v) is 5.47. The number of nitrogens with zero attached hydrogens (tertiary/aromatic N) is 3. The molecule has 0 bridgehead atoms. The zero-order valence-corrected chi connectivity index (χ0v) is 9.26. The van der Waals surface area contributed by atoms with Crippen molar-refractivity contribution in [1.29, 1.82) is 0 Å². The number of H-pyrrole nitrogens is 1. The molecular weight excluding hydrogens is 218 g/mol. The molecule has 6 heteroatoms. The minimum atomic E-state index is -0.0315. The fourth-order valence-electron chi connectivity index (χ4n) is 2.05. The van der Waals surface area contributed by atoms with Gasteiger partial charge < -0.3 is 20.2 Å². The number of aromatic amines is 1. The summed E-state index contributed by atoms with van der Waals surface area (Å²) in [6.07, 6.45) is 5.32. The van der Waals surface area contributed by atoms with E-state index in [0.29, 0.717) is 24.5 Å². The molecule has 0 saturated carbocycles. The Bertz CT molecular complexity index is 556. The van der Waals surface area contributed by atoms with Crippen molar-refractivity contribution < 1.29 is 4.79 Å². The molecule has 3 N–H and O–H groups in total. The maximum absolute atomic E-state index is 12.1. The number of nitrogens with two attached hydrogens (primary N) is 1. The number of fused-ring (bicyclic) bond motifs is 1. The van der Waals surface area contributed by atoms with E-state index < -0.39 is 0 Å². The number of anilines is 1. The van der Waals surface area contributed by atoms with Crippen LogP contribution in [0.3, 0.4) is 0 Å². The van der Waals surface area contributed by atoms with Crippen LogP contribution >= 0.6 is 0 Å². The first kappa shape index (κ1) is 9.95. The lowest BCUT2D eigenvalue weighted by molar-refractivity contribution is 0.0702. The largest absolute Gasteiger partial charge is 0.397 e. The maximum atomic E-state index is 12.1. The Morgan fingerprint density at radius 3 is 3.12 bits per heavy atom. The molecule has 1 aliphatic heterocycles.